The lowest BCUT2D eigenvalue weighted by Crippen LogP contribution is -2.38. The topological polar surface area (TPSA) is 62.3 Å². The molecule has 0 saturated heterocycles. The fraction of sp³-hybridized carbons (Fsp3) is 0.167. The molecule has 1 heterocycles. The Balaban J connectivity index is 2.23. The number of aromatic amines is 1. The average Bonchev–Trinajstić information content (AvgIpc) is 2.99. The van der Waals surface area contributed by atoms with E-state index in [1.165, 1.54) is 0 Å². The van der Waals surface area contributed by atoms with Crippen LogP contribution >= 0.6 is 11.6 Å². The summed E-state index contributed by atoms with van der Waals surface area (Å²) in [6.45, 7) is 1.88. The van der Waals surface area contributed by atoms with Crippen molar-refractivity contribution in [2.45, 2.75) is 12.5 Å². The minimum Gasteiger partial charge on any atom is -0.463 e. The third-order valence-electron chi connectivity index (χ3n) is 3.81. The van der Waals surface area contributed by atoms with Gasteiger partial charge in [0, 0.05) is 27.7 Å². The van der Waals surface area contributed by atoms with Crippen molar-refractivity contribution in [3.63, 3.8) is 0 Å². The van der Waals surface area contributed by atoms with Crippen LogP contribution in [0.2, 0.25) is 5.02 Å². The van der Waals surface area contributed by atoms with E-state index in [-0.39, 0.29) is 6.61 Å². The minimum absolute atomic E-state index is 0.178. The first-order chi connectivity index (χ1) is 11.1. The Kier molecular flexibility index (Phi) is 4.11. The molecule has 3 aromatic rings. The van der Waals surface area contributed by atoms with Gasteiger partial charge in [0.05, 0.1) is 6.61 Å². The van der Waals surface area contributed by atoms with Gasteiger partial charge in [-0.15, -0.1) is 0 Å². The van der Waals surface area contributed by atoms with Gasteiger partial charge in [-0.2, -0.15) is 0 Å². The van der Waals surface area contributed by atoms with Gasteiger partial charge in [0.15, 0.2) is 0 Å². The number of esters is 1. The van der Waals surface area contributed by atoms with Crippen LogP contribution in [-0.2, 0) is 15.1 Å². The Bertz CT molecular complexity index is 841. The van der Waals surface area contributed by atoms with Crippen LogP contribution in [0.1, 0.15) is 18.1 Å². The molecule has 0 saturated carbocycles. The number of ether oxygens (including phenoxy) is 1. The number of halogens is 1. The Morgan fingerprint density at radius 2 is 1.91 bits per heavy atom. The highest BCUT2D eigenvalue weighted by Crippen LogP contribution is 2.36. The second-order valence-corrected chi connectivity index (χ2v) is 5.62. The van der Waals surface area contributed by atoms with Crippen molar-refractivity contribution in [2.75, 3.05) is 6.61 Å². The standard InChI is InChI=1S/C18H16ClNO3/c1-2-23-17(21)18(22,12-7-9-13(19)10-8-12)15-11-20-16-6-4-3-5-14(15)16/h3-11,20,22H,2H2,1H3. The lowest BCUT2D eigenvalue weighted by molar-refractivity contribution is -0.161. The van der Waals surface area contributed by atoms with Crippen LogP contribution in [0, 0.1) is 0 Å². The van der Waals surface area contributed by atoms with Crippen molar-refractivity contribution in [1.82, 2.24) is 4.98 Å². The van der Waals surface area contributed by atoms with Crippen molar-refractivity contribution >= 4 is 28.5 Å². The highest BCUT2D eigenvalue weighted by Gasteiger charge is 2.43. The van der Waals surface area contributed by atoms with E-state index < -0.39 is 11.6 Å². The Morgan fingerprint density at radius 1 is 1.22 bits per heavy atom. The number of aromatic nitrogens is 1. The van der Waals surface area contributed by atoms with Gasteiger partial charge in [0.2, 0.25) is 5.60 Å². The van der Waals surface area contributed by atoms with Crippen LogP contribution in [0.3, 0.4) is 0 Å². The molecule has 2 aromatic carbocycles. The zero-order chi connectivity index (χ0) is 16.4. The molecule has 1 aromatic heterocycles. The van der Waals surface area contributed by atoms with E-state index in [2.05, 4.69) is 4.98 Å². The molecular weight excluding hydrogens is 314 g/mol. The van der Waals surface area contributed by atoms with E-state index in [1.54, 1.807) is 37.4 Å². The molecule has 1 atom stereocenters. The van der Waals surface area contributed by atoms with Crippen molar-refractivity contribution in [3.05, 3.63) is 70.9 Å². The molecule has 0 radical (unpaired) electrons. The number of aliphatic hydroxyl groups is 1. The first-order valence-corrected chi connectivity index (χ1v) is 7.67. The highest BCUT2D eigenvalue weighted by atomic mass is 35.5. The number of hydrogen-bond donors (Lipinski definition) is 2. The molecule has 118 valence electrons. The zero-order valence-corrected chi connectivity index (χ0v) is 13.3. The quantitative estimate of drug-likeness (QED) is 0.719. The van der Waals surface area contributed by atoms with Crippen LogP contribution in [0.25, 0.3) is 10.9 Å². The molecular formula is C18H16ClNO3. The minimum atomic E-state index is -1.90. The number of benzene rings is 2. The lowest BCUT2D eigenvalue weighted by atomic mass is 9.86. The van der Waals surface area contributed by atoms with Crippen LogP contribution in [0.4, 0.5) is 0 Å². The van der Waals surface area contributed by atoms with E-state index >= 15 is 0 Å². The smallest absolute Gasteiger partial charge is 0.347 e. The zero-order valence-electron chi connectivity index (χ0n) is 12.5. The van der Waals surface area contributed by atoms with Crippen LogP contribution in [0.5, 0.6) is 0 Å². The van der Waals surface area contributed by atoms with Gasteiger partial charge in [-0.05, 0) is 30.7 Å². The number of nitrogens with one attached hydrogen (secondary N) is 1. The predicted octanol–water partition coefficient (Wildman–Crippen LogP) is 3.62. The number of para-hydroxylation sites is 1. The average molecular weight is 330 g/mol. The number of hydrogen-bond acceptors (Lipinski definition) is 3. The molecule has 0 aliphatic carbocycles. The van der Waals surface area contributed by atoms with Gasteiger partial charge in [0.25, 0.3) is 0 Å². The maximum Gasteiger partial charge on any atom is 0.347 e. The molecule has 2 N–H and O–H groups in total. The molecule has 0 aliphatic heterocycles. The van der Waals surface area contributed by atoms with Gasteiger partial charge in [-0.1, -0.05) is 41.9 Å². The van der Waals surface area contributed by atoms with Gasteiger partial charge in [-0.25, -0.2) is 4.79 Å². The molecule has 0 amide bonds. The van der Waals surface area contributed by atoms with Crippen LogP contribution in [0.15, 0.2) is 54.7 Å². The van der Waals surface area contributed by atoms with Gasteiger partial charge in [-0.3, -0.25) is 0 Å². The molecule has 0 bridgehead atoms. The fourth-order valence-corrected chi connectivity index (χ4v) is 2.81. The van der Waals surface area contributed by atoms with Crippen molar-refractivity contribution in [3.8, 4) is 0 Å². The van der Waals surface area contributed by atoms with E-state index in [9.17, 15) is 9.90 Å². The summed E-state index contributed by atoms with van der Waals surface area (Å²) in [6, 6.07) is 14.0. The van der Waals surface area contributed by atoms with E-state index in [4.69, 9.17) is 16.3 Å². The van der Waals surface area contributed by atoms with Gasteiger partial charge >= 0.3 is 5.97 Å². The summed E-state index contributed by atoms with van der Waals surface area (Å²) in [5.41, 5.74) is -0.210. The second-order valence-electron chi connectivity index (χ2n) is 5.19. The van der Waals surface area contributed by atoms with Crippen LogP contribution < -0.4 is 0 Å². The Morgan fingerprint density at radius 3 is 2.61 bits per heavy atom. The van der Waals surface area contributed by atoms with E-state index in [0.29, 0.717) is 16.1 Å². The third-order valence-corrected chi connectivity index (χ3v) is 4.06. The molecule has 0 fully saturated rings. The molecule has 3 rings (SSSR count). The number of carbonyl (C=O) groups excluding carboxylic acids is 1. The summed E-state index contributed by atoms with van der Waals surface area (Å²) in [5, 5.41) is 12.6. The summed E-state index contributed by atoms with van der Waals surface area (Å²) >= 11 is 5.92. The van der Waals surface area contributed by atoms with Crippen molar-refractivity contribution < 1.29 is 14.6 Å². The maximum absolute atomic E-state index is 12.6. The molecule has 0 spiro atoms. The first kappa shape index (κ1) is 15.6. The number of carbonyl (C=O) groups is 1. The second kappa shape index (κ2) is 6.07. The summed E-state index contributed by atoms with van der Waals surface area (Å²) in [5.74, 6) is -0.716. The molecule has 5 heteroatoms. The molecule has 1 unspecified atom stereocenters. The normalized spacial score (nSPS) is 13.7. The maximum atomic E-state index is 12.6. The summed E-state index contributed by atoms with van der Waals surface area (Å²) in [4.78, 5) is 15.7. The van der Waals surface area contributed by atoms with E-state index in [1.807, 2.05) is 24.3 Å². The number of fused-ring (bicyclic) bond motifs is 1. The number of H-pyrrole nitrogens is 1. The molecule has 4 nitrogen and oxygen atoms in total. The number of rotatable bonds is 4. The molecule has 0 aliphatic rings. The van der Waals surface area contributed by atoms with Crippen molar-refractivity contribution in [1.29, 1.82) is 0 Å². The Hall–Kier alpha value is -2.30. The summed E-state index contributed by atoms with van der Waals surface area (Å²) in [6.07, 6.45) is 1.64. The monoisotopic (exact) mass is 329 g/mol. The summed E-state index contributed by atoms with van der Waals surface area (Å²) in [7, 11) is 0. The largest absolute Gasteiger partial charge is 0.463 e. The molecule has 23 heavy (non-hydrogen) atoms. The predicted molar refractivity (Wildman–Crippen MR) is 89.4 cm³/mol. The fourth-order valence-electron chi connectivity index (χ4n) is 2.68. The lowest BCUT2D eigenvalue weighted by Gasteiger charge is -2.26. The highest BCUT2D eigenvalue weighted by molar-refractivity contribution is 6.30. The first-order valence-electron chi connectivity index (χ1n) is 7.29. The summed E-state index contributed by atoms with van der Waals surface area (Å²) < 4.78 is 5.13. The van der Waals surface area contributed by atoms with E-state index in [0.717, 1.165) is 10.9 Å². The van der Waals surface area contributed by atoms with Gasteiger partial charge < -0.3 is 14.8 Å². The van der Waals surface area contributed by atoms with Crippen molar-refractivity contribution in [2.24, 2.45) is 0 Å². The SMILES string of the molecule is CCOC(=O)C(O)(c1ccc(Cl)cc1)c1c[nH]c2ccccc12. The van der Waals surface area contributed by atoms with Crippen LogP contribution in [-0.4, -0.2) is 22.7 Å². The third kappa shape index (κ3) is 2.60. The Labute approximate surface area is 138 Å². The van der Waals surface area contributed by atoms with Gasteiger partial charge in [0.1, 0.15) is 0 Å².